The van der Waals surface area contributed by atoms with E-state index in [0.717, 1.165) is 0 Å². The summed E-state index contributed by atoms with van der Waals surface area (Å²) in [5, 5.41) is 6.98. The van der Waals surface area contributed by atoms with Crippen LogP contribution in [0, 0.1) is 6.92 Å². The minimum absolute atomic E-state index is 0.269. The summed E-state index contributed by atoms with van der Waals surface area (Å²) in [7, 11) is 0. The van der Waals surface area contributed by atoms with E-state index in [4.69, 9.17) is 0 Å². The number of aryl methyl sites for hydroxylation is 1. The summed E-state index contributed by atoms with van der Waals surface area (Å²) in [5.41, 5.74) is 1.59. The maximum Gasteiger partial charge on any atom is 0.274 e. The highest BCUT2D eigenvalue weighted by Crippen LogP contribution is 2.15. The largest absolute Gasteiger partial charge is 0.317 e. The molecule has 0 atom stereocenters. The second-order valence-electron chi connectivity index (χ2n) is 4.02. The molecule has 94 valence electrons. The minimum Gasteiger partial charge on any atom is -0.317 e. The first-order valence-electron chi connectivity index (χ1n) is 5.78. The highest BCUT2D eigenvalue weighted by molar-refractivity contribution is 6.04. The van der Waals surface area contributed by atoms with Gasteiger partial charge in [-0.2, -0.15) is 5.10 Å². The predicted octanol–water partition coefficient (Wildman–Crippen LogP) is 1.69. The molecular formula is C13H11N5O. The molecule has 0 fully saturated rings. The van der Waals surface area contributed by atoms with E-state index < -0.39 is 0 Å². The number of hydrogen-bond donors (Lipinski definition) is 1. The number of aromatic nitrogens is 4. The molecule has 6 heteroatoms. The lowest BCUT2D eigenvalue weighted by Crippen LogP contribution is -2.14. The van der Waals surface area contributed by atoms with Gasteiger partial charge >= 0.3 is 0 Å². The highest BCUT2D eigenvalue weighted by atomic mass is 16.1. The van der Waals surface area contributed by atoms with Gasteiger partial charge in [0, 0.05) is 12.4 Å². The molecule has 1 N–H and O–H groups in total. The van der Waals surface area contributed by atoms with Crippen molar-refractivity contribution < 1.29 is 4.79 Å². The zero-order valence-corrected chi connectivity index (χ0v) is 10.2. The molecule has 0 spiro atoms. The van der Waals surface area contributed by atoms with Crippen LogP contribution >= 0.6 is 0 Å². The summed E-state index contributed by atoms with van der Waals surface area (Å²) in [6.07, 6.45) is 3.36. The number of anilines is 1. The Bertz CT molecular complexity index is 735. The fraction of sp³-hybridized carbons (Fsp3) is 0.0769. The third kappa shape index (κ3) is 2.15. The molecule has 0 unspecified atom stereocenters. The monoisotopic (exact) mass is 253 g/mol. The van der Waals surface area contributed by atoms with E-state index in [1.165, 1.54) is 0 Å². The number of nitrogens with zero attached hydrogens (tertiary/aromatic N) is 4. The van der Waals surface area contributed by atoms with Gasteiger partial charge in [0.1, 0.15) is 11.5 Å². The van der Waals surface area contributed by atoms with E-state index in [0.29, 0.717) is 22.9 Å². The van der Waals surface area contributed by atoms with Crippen LogP contribution in [0.15, 0.2) is 42.7 Å². The van der Waals surface area contributed by atoms with E-state index in [2.05, 4.69) is 20.4 Å². The maximum absolute atomic E-state index is 12.0. The number of carbonyl (C=O) groups excluding carboxylic acids is 1. The van der Waals surface area contributed by atoms with Crippen LogP contribution in [-0.4, -0.2) is 25.5 Å². The van der Waals surface area contributed by atoms with Gasteiger partial charge in [0.05, 0.1) is 5.69 Å². The van der Waals surface area contributed by atoms with E-state index in [1.807, 2.05) is 0 Å². The average molecular weight is 253 g/mol. The van der Waals surface area contributed by atoms with Crippen molar-refractivity contribution in [1.82, 2.24) is 19.6 Å². The highest BCUT2D eigenvalue weighted by Gasteiger charge is 2.11. The first-order chi connectivity index (χ1) is 9.24. The van der Waals surface area contributed by atoms with Gasteiger partial charge in [0.2, 0.25) is 0 Å². The van der Waals surface area contributed by atoms with Crippen molar-refractivity contribution >= 4 is 17.2 Å². The second-order valence-corrected chi connectivity index (χ2v) is 4.02. The van der Waals surface area contributed by atoms with Gasteiger partial charge in [0.15, 0.2) is 5.65 Å². The first kappa shape index (κ1) is 11.3. The molecule has 0 saturated heterocycles. The molecule has 0 aliphatic heterocycles. The van der Waals surface area contributed by atoms with Gasteiger partial charge in [0.25, 0.3) is 5.91 Å². The topological polar surface area (TPSA) is 72.2 Å². The van der Waals surface area contributed by atoms with Gasteiger partial charge in [-0.1, -0.05) is 6.07 Å². The van der Waals surface area contributed by atoms with Crippen LogP contribution in [0.1, 0.15) is 16.3 Å². The van der Waals surface area contributed by atoms with Crippen LogP contribution in [-0.2, 0) is 0 Å². The summed E-state index contributed by atoms with van der Waals surface area (Å²) in [6.45, 7) is 1.80. The maximum atomic E-state index is 12.0. The lowest BCUT2D eigenvalue weighted by molar-refractivity contribution is 0.102. The molecule has 0 aromatic carbocycles. The zero-order valence-electron chi connectivity index (χ0n) is 10.2. The van der Waals surface area contributed by atoms with Crippen LogP contribution in [0.3, 0.4) is 0 Å². The molecule has 0 aliphatic rings. The molecule has 3 rings (SSSR count). The number of nitrogens with one attached hydrogen (secondary N) is 1. The van der Waals surface area contributed by atoms with Gasteiger partial charge in [-0.3, -0.25) is 9.78 Å². The summed E-state index contributed by atoms with van der Waals surface area (Å²) in [5.74, 6) is 0.383. The Morgan fingerprint density at radius 1 is 1.26 bits per heavy atom. The molecule has 3 aromatic rings. The molecule has 3 aromatic heterocycles. The van der Waals surface area contributed by atoms with Gasteiger partial charge in [-0.25, -0.2) is 9.50 Å². The fourth-order valence-electron chi connectivity index (χ4n) is 1.79. The van der Waals surface area contributed by atoms with E-state index in [9.17, 15) is 4.79 Å². The van der Waals surface area contributed by atoms with Gasteiger partial charge in [-0.05, 0) is 31.2 Å². The first-order valence-corrected chi connectivity index (χ1v) is 5.78. The van der Waals surface area contributed by atoms with Crippen molar-refractivity contribution in [3.05, 3.63) is 54.2 Å². The predicted molar refractivity (Wildman–Crippen MR) is 69.9 cm³/mol. The van der Waals surface area contributed by atoms with Crippen LogP contribution in [0.2, 0.25) is 0 Å². The molecule has 0 radical (unpaired) electrons. The third-order valence-electron chi connectivity index (χ3n) is 2.61. The molecular weight excluding hydrogens is 242 g/mol. The zero-order chi connectivity index (χ0) is 13.2. The Balaban J connectivity index is 1.95. The van der Waals surface area contributed by atoms with Crippen molar-refractivity contribution in [2.24, 2.45) is 0 Å². The Hall–Kier alpha value is -2.76. The summed E-state index contributed by atoms with van der Waals surface area (Å²) in [6, 6.07) is 8.77. The van der Waals surface area contributed by atoms with Crippen LogP contribution in [0.25, 0.3) is 5.65 Å². The van der Waals surface area contributed by atoms with E-state index >= 15 is 0 Å². The number of pyridine rings is 2. The number of carbonyl (C=O) groups is 1. The third-order valence-corrected chi connectivity index (χ3v) is 2.61. The molecule has 0 bridgehead atoms. The number of rotatable bonds is 2. The quantitative estimate of drug-likeness (QED) is 0.754. The smallest absolute Gasteiger partial charge is 0.274 e. The van der Waals surface area contributed by atoms with E-state index in [1.54, 1.807) is 54.2 Å². The summed E-state index contributed by atoms with van der Waals surface area (Å²) in [4.78, 5) is 20.3. The van der Waals surface area contributed by atoms with E-state index in [-0.39, 0.29) is 5.91 Å². The number of amides is 1. The van der Waals surface area contributed by atoms with Crippen molar-refractivity contribution in [2.75, 3.05) is 5.32 Å². The van der Waals surface area contributed by atoms with Crippen LogP contribution in [0.4, 0.5) is 5.69 Å². The Kier molecular flexibility index (Phi) is 2.68. The molecule has 19 heavy (non-hydrogen) atoms. The Morgan fingerprint density at radius 2 is 2.16 bits per heavy atom. The van der Waals surface area contributed by atoms with Crippen molar-refractivity contribution in [3.63, 3.8) is 0 Å². The molecule has 6 nitrogen and oxygen atoms in total. The summed E-state index contributed by atoms with van der Waals surface area (Å²) >= 11 is 0. The molecule has 0 aliphatic carbocycles. The van der Waals surface area contributed by atoms with Gasteiger partial charge < -0.3 is 5.32 Å². The number of hydrogen-bond acceptors (Lipinski definition) is 4. The minimum atomic E-state index is -0.269. The standard InChI is InChI=1S/C13H11N5O/c1-9-15-12-10(6-4-8-18(12)17-9)16-13(19)11-5-2-3-7-14-11/h2-8H,1H3,(H,16,19). The summed E-state index contributed by atoms with van der Waals surface area (Å²) < 4.78 is 1.63. The second kappa shape index (κ2) is 4.49. The lowest BCUT2D eigenvalue weighted by Gasteiger charge is -2.04. The van der Waals surface area contributed by atoms with Crippen molar-refractivity contribution in [2.45, 2.75) is 6.92 Å². The van der Waals surface area contributed by atoms with Gasteiger partial charge in [-0.15, -0.1) is 0 Å². The fourth-order valence-corrected chi connectivity index (χ4v) is 1.79. The average Bonchev–Trinajstić information content (AvgIpc) is 2.81. The van der Waals surface area contributed by atoms with Crippen molar-refractivity contribution in [3.8, 4) is 0 Å². The number of fused-ring (bicyclic) bond motifs is 1. The Labute approximate surface area is 109 Å². The lowest BCUT2D eigenvalue weighted by atomic mass is 10.3. The SMILES string of the molecule is Cc1nc2c(NC(=O)c3ccccn3)cccn2n1. The molecule has 0 saturated carbocycles. The molecule has 3 heterocycles. The van der Waals surface area contributed by atoms with Crippen molar-refractivity contribution in [1.29, 1.82) is 0 Å². The molecule has 1 amide bonds. The normalized spacial score (nSPS) is 10.6. The van der Waals surface area contributed by atoms with Crippen LogP contribution in [0.5, 0.6) is 0 Å². The van der Waals surface area contributed by atoms with Crippen LogP contribution < -0.4 is 5.32 Å². The Morgan fingerprint density at radius 3 is 2.95 bits per heavy atom.